The maximum atomic E-state index is 14.1. The molecular formula is C18H17BrFN3O. The van der Waals surface area contributed by atoms with E-state index in [-0.39, 0.29) is 5.75 Å². The van der Waals surface area contributed by atoms with Crippen molar-refractivity contribution in [2.24, 2.45) is 5.73 Å². The first-order valence-electron chi connectivity index (χ1n) is 7.61. The van der Waals surface area contributed by atoms with E-state index in [1.807, 2.05) is 32.0 Å². The minimum atomic E-state index is -0.561. The number of nitrogens with zero attached hydrogens (tertiary/aromatic N) is 2. The normalized spacial score (nSPS) is 12.4. The fourth-order valence-corrected chi connectivity index (χ4v) is 2.98. The molecule has 0 aliphatic carbocycles. The summed E-state index contributed by atoms with van der Waals surface area (Å²) in [7, 11) is 0. The van der Waals surface area contributed by atoms with E-state index in [1.54, 1.807) is 12.1 Å². The predicted molar refractivity (Wildman–Crippen MR) is 95.6 cm³/mol. The van der Waals surface area contributed by atoms with E-state index in [9.17, 15) is 4.39 Å². The van der Waals surface area contributed by atoms with Gasteiger partial charge in [0.1, 0.15) is 5.82 Å². The fourth-order valence-electron chi connectivity index (χ4n) is 2.62. The average Bonchev–Trinajstić information content (AvgIpc) is 2.56. The third-order valence-electron chi connectivity index (χ3n) is 3.71. The monoisotopic (exact) mass is 389 g/mol. The van der Waals surface area contributed by atoms with E-state index < -0.39 is 11.9 Å². The second-order valence-corrected chi connectivity index (χ2v) is 6.33. The lowest BCUT2D eigenvalue weighted by atomic mass is 10.0. The molecule has 24 heavy (non-hydrogen) atoms. The smallest absolute Gasteiger partial charge is 0.165 e. The Labute approximate surface area is 148 Å². The van der Waals surface area contributed by atoms with Crippen LogP contribution in [0.25, 0.3) is 10.9 Å². The summed E-state index contributed by atoms with van der Waals surface area (Å²) >= 11 is 3.46. The summed E-state index contributed by atoms with van der Waals surface area (Å²) in [5, 5.41) is 0.844. The van der Waals surface area contributed by atoms with Gasteiger partial charge in [0.15, 0.2) is 11.6 Å². The van der Waals surface area contributed by atoms with Gasteiger partial charge in [0.05, 0.1) is 23.9 Å². The van der Waals surface area contributed by atoms with E-state index >= 15 is 0 Å². The standard InChI is InChI=1S/C18H17BrFN3O/c1-3-24-16-7-4-11(8-14(16)20)17(21)18-13-9-12(19)5-6-15(13)22-10(2)23-18/h4-9,17H,3,21H2,1-2H3. The number of fused-ring (bicyclic) bond motifs is 1. The maximum absolute atomic E-state index is 14.1. The number of hydrogen-bond donors (Lipinski definition) is 1. The minimum absolute atomic E-state index is 0.222. The Morgan fingerprint density at radius 1 is 1.21 bits per heavy atom. The number of benzene rings is 2. The summed E-state index contributed by atoms with van der Waals surface area (Å²) in [5.41, 5.74) is 8.49. The van der Waals surface area contributed by atoms with Crippen molar-refractivity contribution in [3.05, 3.63) is 63.8 Å². The van der Waals surface area contributed by atoms with Crippen molar-refractivity contribution in [2.75, 3.05) is 6.61 Å². The molecule has 0 aliphatic heterocycles. The van der Waals surface area contributed by atoms with Crippen LogP contribution in [0.5, 0.6) is 5.75 Å². The van der Waals surface area contributed by atoms with Crippen LogP contribution in [-0.4, -0.2) is 16.6 Å². The van der Waals surface area contributed by atoms with Crippen molar-refractivity contribution < 1.29 is 9.13 Å². The first-order chi connectivity index (χ1) is 11.5. The Hall–Kier alpha value is -2.05. The van der Waals surface area contributed by atoms with Crippen molar-refractivity contribution in [2.45, 2.75) is 19.9 Å². The SMILES string of the molecule is CCOc1ccc(C(N)c2nc(C)nc3ccc(Br)cc23)cc1F. The molecule has 0 aliphatic rings. The molecule has 0 amide bonds. The molecule has 2 aromatic carbocycles. The molecule has 1 unspecified atom stereocenters. The first kappa shape index (κ1) is 16.8. The molecule has 3 rings (SSSR count). The molecule has 3 aromatic rings. The molecule has 0 saturated carbocycles. The second kappa shape index (κ2) is 6.83. The molecule has 2 N–H and O–H groups in total. The molecule has 124 valence electrons. The Kier molecular flexibility index (Phi) is 4.78. The number of nitrogens with two attached hydrogens (primary N) is 1. The molecular weight excluding hydrogens is 373 g/mol. The molecule has 0 fully saturated rings. The van der Waals surface area contributed by atoms with E-state index in [0.29, 0.717) is 23.7 Å². The van der Waals surface area contributed by atoms with Gasteiger partial charge in [0, 0.05) is 9.86 Å². The largest absolute Gasteiger partial charge is 0.491 e. The molecule has 0 spiro atoms. The lowest BCUT2D eigenvalue weighted by Gasteiger charge is -2.16. The second-order valence-electron chi connectivity index (χ2n) is 5.42. The Morgan fingerprint density at radius 3 is 2.71 bits per heavy atom. The number of rotatable bonds is 4. The molecule has 1 aromatic heterocycles. The van der Waals surface area contributed by atoms with Crippen molar-refractivity contribution in [3.8, 4) is 5.75 Å². The van der Waals surface area contributed by atoms with Crippen LogP contribution in [0.3, 0.4) is 0 Å². The van der Waals surface area contributed by atoms with Crippen LogP contribution >= 0.6 is 15.9 Å². The third-order valence-corrected chi connectivity index (χ3v) is 4.20. The van der Waals surface area contributed by atoms with E-state index in [0.717, 1.165) is 15.4 Å². The van der Waals surface area contributed by atoms with Gasteiger partial charge < -0.3 is 10.5 Å². The highest BCUT2D eigenvalue weighted by Gasteiger charge is 2.17. The Balaban J connectivity index is 2.09. The molecule has 1 atom stereocenters. The van der Waals surface area contributed by atoms with Gasteiger partial charge in [0.2, 0.25) is 0 Å². The summed E-state index contributed by atoms with van der Waals surface area (Å²) in [5.74, 6) is 0.419. The highest BCUT2D eigenvalue weighted by atomic mass is 79.9. The Bertz CT molecular complexity index is 901. The molecule has 0 radical (unpaired) electrons. The van der Waals surface area contributed by atoms with Crippen LogP contribution in [0.15, 0.2) is 40.9 Å². The number of aryl methyl sites for hydroxylation is 1. The van der Waals surface area contributed by atoms with Crippen molar-refractivity contribution in [1.29, 1.82) is 0 Å². The third kappa shape index (κ3) is 3.25. The zero-order valence-electron chi connectivity index (χ0n) is 13.4. The summed E-state index contributed by atoms with van der Waals surface area (Å²) in [6, 6.07) is 9.95. The van der Waals surface area contributed by atoms with Crippen LogP contribution < -0.4 is 10.5 Å². The van der Waals surface area contributed by atoms with Crippen LogP contribution in [0.2, 0.25) is 0 Å². The van der Waals surface area contributed by atoms with Gasteiger partial charge in [0.25, 0.3) is 0 Å². The number of halogens is 2. The molecule has 0 saturated heterocycles. The van der Waals surface area contributed by atoms with Gasteiger partial charge in [-0.3, -0.25) is 0 Å². The number of hydrogen-bond acceptors (Lipinski definition) is 4. The van der Waals surface area contributed by atoms with E-state index in [2.05, 4.69) is 25.9 Å². The van der Waals surface area contributed by atoms with Gasteiger partial charge in [-0.15, -0.1) is 0 Å². The first-order valence-corrected chi connectivity index (χ1v) is 8.40. The fraction of sp³-hybridized carbons (Fsp3) is 0.222. The van der Waals surface area contributed by atoms with Gasteiger partial charge in [-0.05, 0) is 49.7 Å². The van der Waals surface area contributed by atoms with Crippen molar-refractivity contribution >= 4 is 26.8 Å². The lowest BCUT2D eigenvalue weighted by molar-refractivity contribution is 0.321. The van der Waals surface area contributed by atoms with Gasteiger partial charge in [-0.1, -0.05) is 22.0 Å². The van der Waals surface area contributed by atoms with Crippen LogP contribution in [-0.2, 0) is 0 Å². The molecule has 6 heteroatoms. The summed E-state index contributed by atoms with van der Waals surface area (Å²) in [6.45, 7) is 4.04. The molecule has 0 bridgehead atoms. The maximum Gasteiger partial charge on any atom is 0.165 e. The lowest BCUT2D eigenvalue weighted by Crippen LogP contribution is -2.15. The zero-order chi connectivity index (χ0) is 17.3. The number of ether oxygens (including phenoxy) is 1. The highest BCUT2D eigenvalue weighted by molar-refractivity contribution is 9.10. The predicted octanol–water partition coefficient (Wildman–Crippen LogP) is 4.29. The van der Waals surface area contributed by atoms with Crippen LogP contribution in [0.1, 0.15) is 30.0 Å². The van der Waals surface area contributed by atoms with Gasteiger partial charge in [-0.25, -0.2) is 14.4 Å². The quantitative estimate of drug-likeness (QED) is 0.722. The summed E-state index contributed by atoms with van der Waals surface area (Å²) < 4.78 is 20.3. The van der Waals surface area contributed by atoms with E-state index in [1.165, 1.54) is 6.07 Å². The minimum Gasteiger partial charge on any atom is -0.491 e. The average molecular weight is 390 g/mol. The molecule has 1 heterocycles. The van der Waals surface area contributed by atoms with Crippen LogP contribution in [0.4, 0.5) is 4.39 Å². The highest BCUT2D eigenvalue weighted by Crippen LogP contribution is 2.29. The topological polar surface area (TPSA) is 61.0 Å². The van der Waals surface area contributed by atoms with Crippen LogP contribution in [0, 0.1) is 12.7 Å². The zero-order valence-corrected chi connectivity index (χ0v) is 15.0. The van der Waals surface area contributed by atoms with Gasteiger partial charge >= 0.3 is 0 Å². The number of aromatic nitrogens is 2. The van der Waals surface area contributed by atoms with Crippen molar-refractivity contribution in [3.63, 3.8) is 0 Å². The summed E-state index contributed by atoms with van der Waals surface area (Å²) in [4.78, 5) is 8.92. The molecule has 4 nitrogen and oxygen atoms in total. The van der Waals surface area contributed by atoms with Crippen molar-refractivity contribution in [1.82, 2.24) is 9.97 Å². The van der Waals surface area contributed by atoms with Gasteiger partial charge in [-0.2, -0.15) is 0 Å². The van der Waals surface area contributed by atoms with E-state index in [4.69, 9.17) is 10.5 Å². The summed E-state index contributed by atoms with van der Waals surface area (Å²) in [6.07, 6.45) is 0. The Morgan fingerprint density at radius 2 is 2.00 bits per heavy atom.